The molecular weight excluding hydrogens is 248 g/mol. The first-order valence-electron chi connectivity index (χ1n) is 7.90. The van der Waals surface area contributed by atoms with Gasteiger partial charge in [0.15, 0.2) is 0 Å². The Balaban J connectivity index is 1.80. The first-order valence-corrected chi connectivity index (χ1v) is 7.90. The lowest BCUT2D eigenvalue weighted by Crippen LogP contribution is -2.29. The summed E-state index contributed by atoms with van der Waals surface area (Å²) in [5.74, 6) is 0.159. The van der Waals surface area contributed by atoms with Gasteiger partial charge >= 0.3 is 0 Å². The molecule has 1 aromatic carbocycles. The lowest BCUT2D eigenvalue weighted by Gasteiger charge is -2.28. The van der Waals surface area contributed by atoms with Crippen molar-refractivity contribution in [3.05, 3.63) is 29.8 Å². The Morgan fingerprint density at radius 1 is 1.15 bits per heavy atom. The molecule has 1 N–H and O–H groups in total. The molecule has 1 saturated heterocycles. The molecule has 1 aliphatic heterocycles. The van der Waals surface area contributed by atoms with Crippen LogP contribution in [-0.4, -0.2) is 19.0 Å². The van der Waals surface area contributed by atoms with Crippen molar-refractivity contribution in [2.24, 2.45) is 0 Å². The first-order chi connectivity index (χ1) is 9.79. The monoisotopic (exact) mass is 274 g/mol. The molecule has 3 nitrogen and oxygen atoms in total. The van der Waals surface area contributed by atoms with Gasteiger partial charge in [-0.2, -0.15) is 0 Å². The van der Waals surface area contributed by atoms with Gasteiger partial charge in [-0.3, -0.25) is 4.79 Å². The number of piperidine rings is 1. The molecular formula is C17H26N2O. The van der Waals surface area contributed by atoms with Crippen LogP contribution in [0, 0.1) is 0 Å². The number of hydrogen-bond donors (Lipinski definition) is 1. The van der Waals surface area contributed by atoms with Gasteiger partial charge in [0, 0.05) is 31.7 Å². The fourth-order valence-corrected chi connectivity index (χ4v) is 2.60. The van der Waals surface area contributed by atoms with E-state index in [0.29, 0.717) is 13.0 Å². The molecule has 3 heteroatoms. The number of nitrogens with zero attached hydrogens (tertiary/aromatic N) is 1. The molecule has 0 spiro atoms. The summed E-state index contributed by atoms with van der Waals surface area (Å²) in [6.07, 6.45) is 6.64. The minimum absolute atomic E-state index is 0.159. The van der Waals surface area contributed by atoms with E-state index in [0.717, 1.165) is 12.8 Å². The van der Waals surface area contributed by atoms with Crippen LogP contribution in [0.15, 0.2) is 24.3 Å². The third kappa shape index (κ3) is 4.55. The molecule has 0 bridgehead atoms. The highest BCUT2D eigenvalue weighted by Gasteiger charge is 2.10. The maximum atomic E-state index is 11.6. The van der Waals surface area contributed by atoms with Crippen LogP contribution in [0.1, 0.15) is 51.0 Å². The molecule has 110 valence electrons. The van der Waals surface area contributed by atoms with Crippen LogP contribution in [-0.2, 0) is 11.3 Å². The average molecular weight is 274 g/mol. The summed E-state index contributed by atoms with van der Waals surface area (Å²) in [7, 11) is 0. The van der Waals surface area contributed by atoms with E-state index in [1.165, 1.54) is 43.6 Å². The van der Waals surface area contributed by atoms with E-state index < -0.39 is 0 Å². The Hall–Kier alpha value is -1.51. The third-order valence-electron chi connectivity index (χ3n) is 3.90. The maximum absolute atomic E-state index is 11.6. The summed E-state index contributed by atoms with van der Waals surface area (Å²) >= 11 is 0. The average Bonchev–Trinajstić information content (AvgIpc) is 2.52. The summed E-state index contributed by atoms with van der Waals surface area (Å²) in [5, 5.41) is 2.98. The molecule has 0 radical (unpaired) electrons. The number of anilines is 1. The number of amides is 1. The first kappa shape index (κ1) is 14.9. The fraction of sp³-hybridized carbons (Fsp3) is 0.588. The Kier molecular flexibility index (Phi) is 5.90. The maximum Gasteiger partial charge on any atom is 0.220 e. The van der Waals surface area contributed by atoms with E-state index in [1.54, 1.807) is 0 Å². The second kappa shape index (κ2) is 7.93. The van der Waals surface area contributed by atoms with Gasteiger partial charge in [0.05, 0.1) is 0 Å². The Labute approximate surface area is 122 Å². The zero-order valence-electron chi connectivity index (χ0n) is 12.5. The molecule has 0 aliphatic carbocycles. The van der Waals surface area contributed by atoms with E-state index in [2.05, 4.69) is 41.4 Å². The van der Waals surface area contributed by atoms with Crippen LogP contribution >= 0.6 is 0 Å². The van der Waals surface area contributed by atoms with Gasteiger partial charge in [0.2, 0.25) is 5.91 Å². The van der Waals surface area contributed by atoms with Crippen molar-refractivity contribution in [3.63, 3.8) is 0 Å². The normalized spacial score (nSPS) is 15.2. The van der Waals surface area contributed by atoms with Crippen molar-refractivity contribution in [2.45, 2.75) is 52.0 Å². The third-order valence-corrected chi connectivity index (χ3v) is 3.90. The Morgan fingerprint density at radius 2 is 1.85 bits per heavy atom. The van der Waals surface area contributed by atoms with Gasteiger partial charge in [-0.1, -0.05) is 25.5 Å². The van der Waals surface area contributed by atoms with Crippen LogP contribution in [0.5, 0.6) is 0 Å². The molecule has 0 saturated carbocycles. The number of hydrogen-bond acceptors (Lipinski definition) is 2. The van der Waals surface area contributed by atoms with Crippen molar-refractivity contribution in [1.82, 2.24) is 5.32 Å². The zero-order chi connectivity index (χ0) is 14.2. The summed E-state index contributed by atoms with van der Waals surface area (Å²) in [4.78, 5) is 14.0. The van der Waals surface area contributed by atoms with E-state index in [1.807, 2.05) is 0 Å². The standard InChI is InChI=1S/C17H26N2O/c1-2-3-7-17(20)18-14-15-8-10-16(11-9-15)19-12-5-4-6-13-19/h8-11H,2-7,12-14H2,1H3,(H,18,20). The van der Waals surface area contributed by atoms with Crippen LogP contribution in [0.25, 0.3) is 0 Å². The van der Waals surface area contributed by atoms with Gasteiger partial charge in [0.25, 0.3) is 0 Å². The highest BCUT2D eigenvalue weighted by atomic mass is 16.1. The SMILES string of the molecule is CCCCC(=O)NCc1ccc(N2CCCCC2)cc1. The quantitative estimate of drug-likeness (QED) is 0.861. The van der Waals surface area contributed by atoms with E-state index >= 15 is 0 Å². The summed E-state index contributed by atoms with van der Waals surface area (Å²) in [6.45, 7) is 5.09. The van der Waals surface area contributed by atoms with Gasteiger partial charge in [0.1, 0.15) is 0 Å². The van der Waals surface area contributed by atoms with Crippen LogP contribution in [0.2, 0.25) is 0 Å². The summed E-state index contributed by atoms with van der Waals surface area (Å²) in [5.41, 5.74) is 2.49. The molecule has 1 amide bonds. The molecule has 0 aromatic heterocycles. The number of carbonyl (C=O) groups excluding carboxylic acids is 1. The van der Waals surface area contributed by atoms with Gasteiger partial charge in [-0.05, 0) is 43.4 Å². The van der Waals surface area contributed by atoms with Crippen LogP contribution in [0.4, 0.5) is 5.69 Å². The van der Waals surface area contributed by atoms with Crippen molar-refractivity contribution in [2.75, 3.05) is 18.0 Å². The lowest BCUT2D eigenvalue weighted by molar-refractivity contribution is -0.121. The largest absolute Gasteiger partial charge is 0.372 e. The smallest absolute Gasteiger partial charge is 0.220 e. The molecule has 2 rings (SSSR count). The van der Waals surface area contributed by atoms with E-state index in [4.69, 9.17) is 0 Å². The molecule has 1 heterocycles. The molecule has 1 aliphatic rings. The number of rotatable bonds is 6. The number of unbranched alkanes of at least 4 members (excludes halogenated alkanes) is 1. The van der Waals surface area contributed by atoms with Crippen molar-refractivity contribution >= 4 is 11.6 Å². The Morgan fingerprint density at radius 3 is 2.50 bits per heavy atom. The second-order valence-electron chi connectivity index (χ2n) is 5.59. The van der Waals surface area contributed by atoms with Gasteiger partial charge in [-0.15, -0.1) is 0 Å². The Bertz CT molecular complexity index is 408. The fourth-order valence-electron chi connectivity index (χ4n) is 2.60. The van der Waals surface area contributed by atoms with E-state index in [-0.39, 0.29) is 5.91 Å². The number of nitrogens with one attached hydrogen (secondary N) is 1. The van der Waals surface area contributed by atoms with Gasteiger partial charge in [-0.25, -0.2) is 0 Å². The molecule has 1 fully saturated rings. The zero-order valence-corrected chi connectivity index (χ0v) is 12.5. The predicted octanol–water partition coefficient (Wildman–Crippen LogP) is 3.48. The van der Waals surface area contributed by atoms with E-state index in [9.17, 15) is 4.79 Å². The molecule has 0 unspecified atom stereocenters. The number of carbonyl (C=O) groups is 1. The summed E-state index contributed by atoms with van der Waals surface area (Å²) in [6, 6.07) is 8.62. The minimum atomic E-state index is 0.159. The molecule has 0 atom stereocenters. The molecule has 20 heavy (non-hydrogen) atoms. The highest BCUT2D eigenvalue weighted by molar-refractivity contribution is 5.75. The van der Waals surface area contributed by atoms with Crippen molar-refractivity contribution < 1.29 is 4.79 Å². The molecule has 1 aromatic rings. The second-order valence-corrected chi connectivity index (χ2v) is 5.59. The van der Waals surface area contributed by atoms with Crippen LogP contribution < -0.4 is 10.2 Å². The van der Waals surface area contributed by atoms with Gasteiger partial charge < -0.3 is 10.2 Å². The number of benzene rings is 1. The van der Waals surface area contributed by atoms with Crippen LogP contribution in [0.3, 0.4) is 0 Å². The topological polar surface area (TPSA) is 32.3 Å². The lowest BCUT2D eigenvalue weighted by atomic mass is 10.1. The van der Waals surface area contributed by atoms with Crippen molar-refractivity contribution in [1.29, 1.82) is 0 Å². The minimum Gasteiger partial charge on any atom is -0.372 e. The predicted molar refractivity (Wildman–Crippen MR) is 83.9 cm³/mol. The van der Waals surface area contributed by atoms with Crippen molar-refractivity contribution in [3.8, 4) is 0 Å². The highest BCUT2D eigenvalue weighted by Crippen LogP contribution is 2.20. The summed E-state index contributed by atoms with van der Waals surface area (Å²) < 4.78 is 0.